The third-order valence-electron chi connectivity index (χ3n) is 3.30. The molecule has 1 aromatic rings. The lowest BCUT2D eigenvalue weighted by Gasteiger charge is -2.19. The van der Waals surface area contributed by atoms with Gasteiger partial charge in [-0.05, 0) is 24.8 Å². The van der Waals surface area contributed by atoms with Crippen molar-refractivity contribution in [2.75, 3.05) is 6.61 Å². The van der Waals surface area contributed by atoms with E-state index < -0.39 is 36.0 Å². The van der Waals surface area contributed by atoms with Crippen LogP contribution in [0, 0.1) is 0 Å². The molecule has 1 aliphatic rings. The first-order valence-corrected chi connectivity index (χ1v) is 7.47. The Balaban J connectivity index is 1.89. The molecule has 1 atom stereocenters. The maximum Gasteiger partial charge on any atom is 0.344 e. The molecule has 1 aromatic heterocycles. The van der Waals surface area contributed by atoms with Gasteiger partial charge in [0, 0.05) is 5.38 Å². The zero-order valence-corrected chi connectivity index (χ0v) is 12.9. The standard InChI is InChI=1S/C13H15N3O5S/c1-3-13(2)11(19)16(12(20)14-13)15-9(17)6-21-10(18)8-4-5-22-7-8/h4-5,7H,3,6H2,1-2H3,(H,14,20)(H,15,17). The van der Waals surface area contributed by atoms with Gasteiger partial charge in [0.25, 0.3) is 11.8 Å². The van der Waals surface area contributed by atoms with E-state index in [1.54, 1.807) is 30.7 Å². The van der Waals surface area contributed by atoms with Gasteiger partial charge < -0.3 is 10.1 Å². The predicted octanol–water partition coefficient (Wildman–Crippen LogP) is 0.657. The summed E-state index contributed by atoms with van der Waals surface area (Å²) in [7, 11) is 0. The van der Waals surface area contributed by atoms with Crippen LogP contribution < -0.4 is 10.7 Å². The van der Waals surface area contributed by atoms with E-state index in [1.165, 1.54) is 11.3 Å². The molecule has 1 fully saturated rings. The Morgan fingerprint density at radius 1 is 1.45 bits per heavy atom. The van der Waals surface area contributed by atoms with Crippen LogP contribution >= 0.6 is 11.3 Å². The molecule has 0 radical (unpaired) electrons. The average molecular weight is 325 g/mol. The monoisotopic (exact) mass is 325 g/mol. The van der Waals surface area contributed by atoms with Crippen molar-refractivity contribution in [3.05, 3.63) is 22.4 Å². The predicted molar refractivity (Wildman–Crippen MR) is 76.8 cm³/mol. The van der Waals surface area contributed by atoms with Gasteiger partial charge in [-0.1, -0.05) is 6.92 Å². The van der Waals surface area contributed by atoms with Crippen molar-refractivity contribution in [3.63, 3.8) is 0 Å². The van der Waals surface area contributed by atoms with Crippen molar-refractivity contribution in [3.8, 4) is 0 Å². The molecule has 0 aliphatic carbocycles. The lowest BCUT2D eigenvalue weighted by molar-refractivity contribution is -0.139. The summed E-state index contributed by atoms with van der Waals surface area (Å²) in [5.41, 5.74) is 1.42. The summed E-state index contributed by atoms with van der Waals surface area (Å²) >= 11 is 1.32. The minimum Gasteiger partial charge on any atom is -0.452 e. The summed E-state index contributed by atoms with van der Waals surface area (Å²) < 4.78 is 4.79. The molecule has 8 nitrogen and oxygen atoms in total. The summed E-state index contributed by atoms with van der Waals surface area (Å²) in [4.78, 5) is 47.0. The summed E-state index contributed by atoms with van der Waals surface area (Å²) in [6.45, 7) is 2.72. The molecule has 0 spiro atoms. The molecule has 2 heterocycles. The number of carbonyl (C=O) groups excluding carboxylic acids is 4. The zero-order chi connectivity index (χ0) is 16.3. The minimum atomic E-state index is -1.04. The van der Waals surface area contributed by atoms with Gasteiger partial charge >= 0.3 is 12.0 Å². The number of nitrogens with zero attached hydrogens (tertiary/aromatic N) is 1. The third-order valence-corrected chi connectivity index (χ3v) is 3.98. The number of esters is 1. The highest BCUT2D eigenvalue weighted by Crippen LogP contribution is 2.19. The molecule has 0 saturated carbocycles. The van der Waals surface area contributed by atoms with Crippen LogP contribution in [-0.2, 0) is 14.3 Å². The summed E-state index contributed by atoms with van der Waals surface area (Å²) in [5, 5.41) is 6.38. The number of ether oxygens (including phenoxy) is 1. The van der Waals surface area contributed by atoms with Gasteiger partial charge in [-0.15, -0.1) is 0 Å². The van der Waals surface area contributed by atoms with E-state index in [0.29, 0.717) is 17.0 Å². The van der Waals surface area contributed by atoms with E-state index in [2.05, 4.69) is 10.7 Å². The smallest absolute Gasteiger partial charge is 0.344 e. The topological polar surface area (TPSA) is 105 Å². The summed E-state index contributed by atoms with van der Waals surface area (Å²) in [6.07, 6.45) is 0.386. The number of rotatable bonds is 5. The molecule has 0 aromatic carbocycles. The summed E-state index contributed by atoms with van der Waals surface area (Å²) in [5.74, 6) is -1.98. The van der Waals surface area contributed by atoms with Crippen LogP contribution in [0.2, 0.25) is 0 Å². The number of nitrogens with one attached hydrogen (secondary N) is 2. The lowest BCUT2D eigenvalue weighted by Crippen LogP contribution is -2.49. The van der Waals surface area contributed by atoms with Crippen molar-refractivity contribution in [2.45, 2.75) is 25.8 Å². The van der Waals surface area contributed by atoms with Gasteiger partial charge in [-0.3, -0.25) is 15.0 Å². The quantitative estimate of drug-likeness (QED) is 0.611. The van der Waals surface area contributed by atoms with Gasteiger partial charge in [0.15, 0.2) is 6.61 Å². The molecule has 22 heavy (non-hydrogen) atoms. The van der Waals surface area contributed by atoms with Crippen molar-refractivity contribution in [1.82, 2.24) is 15.8 Å². The van der Waals surface area contributed by atoms with Gasteiger partial charge in [-0.2, -0.15) is 16.3 Å². The van der Waals surface area contributed by atoms with Crippen LogP contribution in [0.5, 0.6) is 0 Å². The van der Waals surface area contributed by atoms with E-state index in [4.69, 9.17) is 4.74 Å². The van der Waals surface area contributed by atoms with E-state index in [1.807, 2.05) is 0 Å². The van der Waals surface area contributed by atoms with Crippen molar-refractivity contribution in [1.29, 1.82) is 0 Å². The molecule has 9 heteroatoms. The van der Waals surface area contributed by atoms with E-state index in [-0.39, 0.29) is 0 Å². The van der Waals surface area contributed by atoms with Crippen LogP contribution in [0.4, 0.5) is 4.79 Å². The second-order valence-electron chi connectivity index (χ2n) is 4.88. The van der Waals surface area contributed by atoms with Crippen LogP contribution in [-0.4, -0.2) is 41.0 Å². The van der Waals surface area contributed by atoms with Gasteiger partial charge in [0.2, 0.25) is 0 Å². The van der Waals surface area contributed by atoms with Crippen molar-refractivity contribution < 1.29 is 23.9 Å². The number of hydrogen-bond donors (Lipinski definition) is 2. The Labute approximate surface area is 130 Å². The fourth-order valence-corrected chi connectivity index (χ4v) is 2.40. The first kappa shape index (κ1) is 16.0. The maximum atomic E-state index is 12.1. The molecular formula is C13H15N3O5S. The number of hydrogen-bond acceptors (Lipinski definition) is 6. The first-order valence-electron chi connectivity index (χ1n) is 6.53. The largest absolute Gasteiger partial charge is 0.452 e. The fraction of sp³-hybridized carbons (Fsp3) is 0.385. The number of amides is 4. The molecule has 0 bridgehead atoms. The summed E-state index contributed by atoms with van der Waals surface area (Å²) in [6, 6.07) is 0.849. The van der Waals surface area contributed by atoms with E-state index in [0.717, 1.165) is 0 Å². The Morgan fingerprint density at radius 3 is 2.73 bits per heavy atom. The Morgan fingerprint density at radius 2 is 2.18 bits per heavy atom. The maximum absolute atomic E-state index is 12.1. The second kappa shape index (κ2) is 6.14. The fourth-order valence-electron chi connectivity index (χ4n) is 1.78. The van der Waals surface area contributed by atoms with Crippen LogP contribution in [0.25, 0.3) is 0 Å². The normalized spacial score (nSPS) is 20.7. The average Bonchev–Trinajstić information content (AvgIpc) is 3.09. The van der Waals surface area contributed by atoms with Crippen molar-refractivity contribution in [2.24, 2.45) is 0 Å². The van der Waals surface area contributed by atoms with Crippen molar-refractivity contribution >= 4 is 35.2 Å². The number of carbonyl (C=O) groups is 4. The molecule has 2 N–H and O–H groups in total. The van der Waals surface area contributed by atoms with E-state index in [9.17, 15) is 19.2 Å². The number of hydrazine groups is 1. The number of thiophene rings is 1. The highest BCUT2D eigenvalue weighted by molar-refractivity contribution is 7.08. The van der Waals surface area contributed by atoms with Gasteiger partial charge in [0.1, 0.15) is 5.54 Å². The SMILES string of the molecule is CCC1(C)NC(=O)N(NC(=O)COC(=O)c2ccsc2)C1=O. The second-order valence-corrected chi connectivity index (χ2v) is 5.66. The Bertz CT molecular complexity index is 615. The Kier molecular flexibility index (Phi) is 4.45. The molecule has 1 aliphatic heterocycles. The van der Waals surface area contributed by atoms with Crippen LogP contribution in [0.3, 0.4) is 0 Å². The van der Waals surface area contributed by atoms with Gasteiger partial charge in [0.05, 0.1) is 5.56 Å². The molecule has 1 unspecified atom stereocenters. The Hall–Kier alpha value is -2.42. The highest BCUT2D eigenvalue weighted by atomic mass is 32.1. The number of urea groups is 1. The molecular weight excluding hydrogens is 310 g/mol. The molecule has 118 valence electrons. The zero-order valence-electron chi connectivity index (χ0n) is 12.0. The van der Waals surface area contributed by atoms with Gasteiger partial charge in [-0.25, -0.2) is 9.59 Å². The lowest BCUT2D eigenvalue weighted by atomic mass is 10.00. The molecule has 4 amide bonds. The number of imide groups is 1. The third kappa shape index (κ3) is 3.08. The first-order chi connectivity index (χ1) is 10.4. The van der Waals surface area contributed by atoms with Crippen LogP contribution in [0.15, 0.2) is 16.8 Å². The van der Waals surface area contributed by atoms with Crippen LogP contribution in [0.1, 0.15) is 30.6 Å². The highest BCUT2D eigenvalue weighted by Gasteiger charge is 2.47. The minimum absolute atomic E-state index is 0.339. The molecule has 2 rings (SSSR count). The van der Waals surface area contributed by atoms with E-state index >= 15 is 0 Å². The molecule has 1 saturated heterocycles.